The van der Waals surface area contributed by atoms with Gasteiger partial charge in [0.25, 0.3) is 0 Å². The zero-order valence-corrected chi connectivity index (χ0v) is 14.8. The number of aryl methyl sites for hydroxylation is 1. The van der Waals surface area contributed by atoms with Crippen LogP contribution in [0, 0.1) is 13.8 Å². The smallest absolute Gasteiger partial charge is 0.317 e. The maximum atomic E-state index is 12.4. The number of nitrogens with one attached hydrogen (secondary N) is 1. The minimum atomic E-state index is -0.0723. The molecule has 2 rings (SSSR count). The number of hydrogen-bond donors (Lipinski definition) is 1. The summed E-state index contributed by atoms with van der Waals surface area (Å²) in [7, 11) is 1.52. The summed E-state index contributed by atoms with van der Waals surface area (Å²) < 4.78 is 4.90. The average molecular weight is 333 g/mol. The second-order valence-electron chi connectivity index (χ2n) is 6.17. The van der Waals surface area contributed by atoms with E-state index in [1.807, 2.05) is 12.1 Å². The van der Waals surface area contributed by atoms with Crippen molar-refractivity contribution in [3.05, 3.63) is 34.9 Å². The fraction of sp³-hybridized carbons (Fsp3) is 0.556. The van der Waals surface area contributed by atoms with Gasteiger partial charge in [0.05, 0.1) is 0 Å². The van der Waals surface area contributed by atoms with Crippen molar-refractivity contribution in [3.8, 4) is 0 Å². The van der Waals surface area contributed by atoms with Crippen molar-refractivity contribution in [2.24, 2.45) is 0 Å². The van der Waals surface area contributed by atoms with Crippen LogP contribution in [0.15, 0.2) is 18.2 Å². The summed E-state index contributed by atoms with van der Waals surface area (Å²) in [6.07, 6.45) is 0.784. The lowest BCUT2D eigenvalue weighted by atomic mass is 10.0. The van der Waals surface area contributed by atoms with Gasteiger partial charge in [0.15, 0.2) is 0 Å². The summed E-state index contributed by atoms with van der Waals surface area (Å²) in [5.41, 5.74) is 3.57. The van der Waals surface area contributed by atoms with Crippen molar-refractivity contribution in [1.29, 1.82) is 0 Å². The monoisotopic (exact) mass is 333 g/mol. The second kappa shape index (κ2) is 8.68. The molecule has 1 aliphatic heterocycles. The van der Waals surface area contributed by atoms with Gasteiger partial charge in [-0.3, -0.25) is 4.79 Å². The first kappa shape index (κ1) is 18.3. The standard InChI is InChI=1S/C18H27N3O3/c1-14-6-4-7-16(15(14)2)12-19-18(23)21-9-5-8-20(10-11-21)17(22)13-24-3/h4,6-7H,5,8-13H2,1-3H3,(H,19,23). The Morgan fingerprint density at radius 2 is 1.83 bits per heavy atom. The molecule has 6 heteroatoms. The van der Waals surface area contributed by atoms with E-state index in [0.717, 1.165) is 12.0 Å². The van der Waals surface area contributed by atoms with Gasteiger partial charge in [-0.25, -0.2) is 4.79 Å². The van der Waals surface area contributed by atoms with Gasteiger partial charge in [-0.15, -0.1) is 0 Å². The lowest BCUT2D eigenvalue weighted by Gasteiger charge is -2.22. The molecule has 1 heterocycles. The highest BCUT2D eigenvalue weighted by molar-refractivity contribution is 5.78. The van der Waals surface area contributed by atoms with Crippen LogP contribution in [0.4, 0.5) is 4.79 Å². The third-order valence-electron chi connectivity index (χ3n) is 4.55. The van der Waals surface area contributed by atoms with E-state index in [0.29, 0.717) is 32.7 Å². The Balaban J connectivity index is 1.86. The van der Waals surface area contributed by atoms with Crippen LogP contribution >= 0.6 is 0 Å². The Labute approximate surface area is 143 Å². The molecule has 0 spiro atoms. The van der Waals surface area contributed by atoms with Crippen molar-refractivity contribution >= 4 is 11.9 Å². The number of benzene rings is 1. The molecule has 0 aromatic heterocycles. The van der Waals surface area contributed by atoms with E-state index in [2.05, 4.69) is 25.2 Å². The molecule has 0 radical (unpaired) electrons. The molecule has 1 fully saturated rings. The lowest BCUT2D eigenvalue weighted by Crippen LogP contribution is -2.42. The summed E-state index contributed by atoms with van der Waals surface area (Å²) in [6.45, 7) is 7.20. The zero-order chi connectivity index (χ0) is 17.5. The Hall–Kier alpha value is -2.08. The van der Waals surface area contributed by atoms with Gasteiger partial charge < -0.3 is 19.9 Å². The van der Waals surface area contributed by atoms with Crippen LogP contribution in [0.25, 0.3) is 0 Å². The van der Waals surface area contributed by atoms with E-state index in [-0.39, 0.29) is 18.5 Å². The summed E-state index contributed by atoms with van der Waals surface area (Å²) in [5.74, 6) is -0.0184. The van der Waals surface area contributed by atoms with E-state index in [1.165, 1.54) is 18.2 Å². The van der Waals surface area contributed by atoms with Gasteiger partial charge >= 0.3 is 6.03 Å². The molecule has 6 nitrogen and oxygen atoms in total. The van der Waals surface area contributed by atoms with Crippen LogP contribution in [0.2, 0.25) is 0 Å². The molecule has 0 unspecified atom stereocenters. The molecule has 0 aliphatic carbocycles. The maximum absolute atomic E-state index is 12.4. The van der Waals surface area contributed by atoms with E-state index in [9.17, 15) is 9.59 Å². The molecular weight excluding hydrogens is 306 g/mol. The molecular formula is C18H27N3O3. The van der Waals surface area contributed by atoms with E-state index >= 15 is 0 Å². The van der Waals surface area contributed by atoms with Crippen molar-refractivity contribution in [1.82, 2.24) is 15.1 Å². The Bertz CT molecular complexity index is 589. The van der Waals surface area contributed by atoms with Gasteiger partial charge in [0, 0.05) is 39.8 Å². The van der Waals surface area contributed by atoms with Crippen LogP contribution in [0.5, 0.6) is 0 Å². The quantitative estimate of drug-likeness (QED) is 0.912. The third kappa shape index (κ3) is 4.71. The molecule has 1 saturated heterocycles. The molecule has 1 aromatic rings. The Morgan fingerprint density at radius 1 is 1.12 bits per heavy atom. The average Bonchev–Trinajstić information content (AvgIpc) is 2.82. The number of nitrogens with zero attached hydrogens (tertiary/aromatic N) is 2. The summed E-state index contributed by atoms with van der Waals surface area (Å²) in [5, 5.41) is 2.99. The van der Waals surface area contributed by atoms with Gasteiger partial charge in [-0.1, -0.05) is 18.2 Å². The van der Waals surface area contributed by atoms with Gasteiger partial charge in [0.1, 0.15) is 6.61 Å². The highest BCUT2D eigenvalue weighted by Gasteiger charge is 2.21. The molecule has 3 amide bonds. The SMILES string of the molecule is COCC(=O)N1CCCN(C(=O)NCc2cccc(C)c2C)CC1. The molecule has 0 bridgehead atoms. The normalized spacial score (nSPS) is 15.1. The molecule has 132 valence electrons. The number of rotatable bonds is 4. The van der Waals surface area contributed by atoms with Crippen molar-refractivity contribution < 1.29 is 14.3 Å². The molecule has 1 aromatic carbocycles. The van der Waals surface area contributed by atoms with Crippen molar-refractivity contribution in [2.75, 3.05) is 39.9 Å². The van der Waals surface area contributed by atoms with E-state index in [4.69, 9.17) is 4.74 Å². The fourth-order valence-corrected chi connectivity index (χ4v) is 2.87. The highest BCUT2D eigenvalue weighted by Crippen LogP contribution is 2.12. The Morgan fingerprint density at radius 3 is 2.58 bits per heavy atom. The molecule has 1 N–H and O–H groups in total. The van der Waals surface area contributed by atoms with E-state index < -0.39 is 0 Å². The number of amides is 3. The third-order valence-corrected chi connectivity index (χ3v) is 4.55. The number of hydrogen-bond acceptors (Lipinski definition) is 3. The predicted molar refractivity (Wildman–Crippen MR) is 92.8 cm³/mol. The van der Waals surface area contributed by atoms with Gasteiger partial charge in [0.2, 0.25) is 5.91 Å². The number of urea groups is 1. The first-order valence-electron chi connectivity index (χ1n) is 8.37. The van der Waals surface area contributed by atoms with Gasteiger partial charge in [-0.2, -0.15) is 0 Å². The minimum absolute atomic E-state index is 0.0184. The molecule has 0 atom stereocenters. The molecule has 1 aliphatic rings. The van der Waals surface area contributed by atoms with Crippen LogP contribution in [0.3, 0.4) is 0 Å². The van der Waals surface area contributed by atoms with Gasteiger partial charge in [-0.05, 0) is 37.0 Å². The number of ether oxygens (including phenoxy) is 1. The zero-order valence-electron chi connectivity index (χ0n) is 14.8. The number of carbonyl (C=O) groups excluding carboxylic acids is 2. The van der Waals surface area contributed by atoms with Crippen molar-refractivity contribution in [3.63, 3.8) is 0 Å². The fourth-order valence-electron chi connectivity index (χ4n) is 2.87. The van der Waals surface area contributed by atoms with Crippen LogP contribution in [-0.4, -0.2) is 61.6 Å². The Kier molecular flexibility index (Phi) is 6.61. The first-order valence-corrected chi connectivity index (χ1v) is 8.37. The summed E-state index contributed by atoms with van der Waals surface area (Å²) >= 11 is 0. The highest BCUT2D eigenvalue weighted by atomic mass is 16.5. The van der Waals surface area contributed by atoms with Crippen LogP contribution in [-0.2, 0) is 16.1 Å². The van der Waals surface area contributed by atoms with Crippen LogP contribution < -0.4 is 5.32 Å². The van der Waals surface area contributed by atoms with Crippen LogP contribution in [0.1, 0.15) is 23.1 Å². The van der Waals surface area contributed by atoms with E-state index in [1.54, 1.807) is 9.80 Å². The topological polar surface area (TPSA) is 61.9 Å². The second-order valence-corrected chi connectivity index (χ2v) is 6.17. The predicted octanol–water partition coefficient (Wildman–Crippen LogP) is 1.69. The maximum Gasteiger partial charge on any atom is 0.317 e. The lowest BCUT2D eigenvalue weighted by molar-refractivity contribution is -0.135. The summed E-state index contributed by atoms with van der Waals surface area (Å²) in [4.78, 5) is 27.8. The number of methoxy groups -OCH3 is 1. The number of carbonyl (C=O) groups is 2. The minimum Gasteiger partial charge on any atom is -0.375 e. The molecule has 24 heavy (non-hydrogen) atoms. The first-order chi connectivity index (χ1) is 11.5. The van der Waals surface area contributed by atoms with Crippen molar-refractivity contribution in [2.45, 2.75) is 26.8 Å². The summed E-state index contributed by atoms with van der Waals surface area (Å²) in [6, 6.07) is 6.05. The molecule has 0 saturated carbocycles. The largest absolute Gasteiger partial charge is 0.375 e.